The number of halogens is 3. The molecule has 112 valence electrons. The van der Waals surface area contributed by atoms with Gasteiger partial charge in [0, 0.05) is 17.1 Å². The maximum atomic E-state index is 5.32. The Bertz CT molecular complexity index is 608. The Morgan fingerprint density at radius 2 is 1.67 bits per heavy atom. The van der Waals surface area contributed by atoms with Gasteiger partial charge in [-0.2, -0.15) is 0 Å². The standard InChI is InChI=1S/C16H16Br3NO/c1-10(12-5-3-4-6-13(12)17)20-9-11-7-14(18)16(21-2)15(19)8-11/h3-8,10,20H,9H2,1-2H3/t10-/m0/s1. The summed E-state index contributed by atoms with van der Waals surface area (Å²) in [7, 11) is 1.66. The summed E-state index contributed by atoms with van der Waals surface area (Å²) in [5.41, 5.74) is 2.44. The lowest BCUT2D eigenvalue weighted by Gasteiger charge is -2.17. The highest BCUT2D eigenvalue weighted by Gasteiger charge is 2.11. The average molecular weight is 478 g/mol. The van der Waals surface area contributed by atoms with Crippen LogP contribution in [0.25, 0.3) is 0 Å². The molecule has 0 fully saturated rings. The van der Waals surface area contributed by atoms with Crippen molar-refractivity contribution in [3.63, 3.8) is 0 Å². The Balaban J connectivity index is 2.08. The first kappa shape index (κ1) is 17.0. The maximum Gasteiger partial charge on any atom is 0.147 e. The van der Waals surface area contributed by atoms with Crippen LogP contribution in [0.2, 0.25) is 0 Å². The Kier molecular flexibility index (Phi) is 6.29. The second kappa shape index (κ2) is 7.77. The molecule has 1 atom stereocenters. The van der Waals surface area contributed by atoms with Gasteiger partial charge in [0.15, 0.2) is 0 Å². The highest BCUT2D eigenvalue weighted by Crippen LogP contribution is 2.34. The third-order valence-electron chi connectivity index (χ3n) is 3.25. The van der Waals surface area contributed by atoms with Crippen molar-refractivity contribution in [2.75, 3.05) is 7.11 Å². The van der Waals surface area contributed by atoms with Crippen molar-refractivity contribution in [2.45, 2.75) is 19.5 Å². The molecule has 0 spiro atoms. The largest absolute Gasteiger partial charge is 0.494 e. The van der Waals surface area contributed by atoms with Crippen LogP contribution in [-0.4, -0.2) is 7.11 Å². The lowest BCUT2D eigenvalue weighted by atomic mass is 10.1. The van der Waals surface area contributed by atoms with Crippen molar-refractivity contribution >= 4 is 47.8 Å². The third kappa shape index (κ3) is 4.31. The summed E-state index contributed by atoms with van der Waals surface area (Å²) < 4.78 is 8.35. The summed E-state index contributed by atoms with van der Waals surface area (Å²) in [5, 5.41) is 3.54. The van der Waals surface area contributed by atoms with E-state index in [4.69, 9.17) is 4.74 Å². The molecule has 1 N–H and O–H groups in total. The first-order valence-electron chi connectivity index (χ1n) is 6.52. The van der Waals surface area contributed by atoms with Gasteiger partial charge in [-0.25, -0.2) is 0 Å². The summed E-state index contributed by atoms with van der Waals surface area (Å²) in [4.78, 5) is 0. The fourth-order valence-electron chi connectivity index (χ4n) is 2.12. The van der Waals surface area contributed by atoms with Gasteiger partial charge in [0.1, 0.15) is 5.75 Å². The fraction of sp³-hybridized carbons (Fsp3) is 0.250. The van der Waals surface area contributed by atoms with E-state index < -0.39 is 0 Å². The topological polar surface area (TPSA) is 21.3 Å². The monoisotopic (exact) mass is 475 g/mol. The highest BCUT2D eigenvalue weighted by molar-refractivity contribution is 9.11. The minimum atomic E-state index is 0.264. The van der Waals surface area contributed by atoms with Crippen LogP contribution in [0.1, 0.15) is 24.1 Å². The zero-order valence-electron chi connectivity index (χ0n) is 11.8. The molecule has 2 rings (SSSR count). The normalized spacial score (nSPS) is 12.2. The molecule has 0 amide bonds. The van der Waals surface area contributed by atoms with Gasteiger partial charge in [0.2, 0.25) is 0 Å². The maximum absolute atomic E-state index is 5.32. The number of hydrogen-bond donors (Lipinski definition) is 1. The summed E-state index contributed by atoms with van der Waals surface area (Å²) >= 11 is 10.7. The highest BCUT2D eigenvalue weighted by atomic mass is 79.9. The van der Waals surface area contributed by atoms with E-state index in [1.807, 2.05) is 6.07 Å². The smallest absolute Gasteiger partial charge is 0.147 e. The third-order valence-corrected chi connectivity index (χ3v) is 5.15. The molecule has 2 aromatic rings. The van der Waals surface area contributed by atoms with Crippen molar-refractivity contribution in [1.82, 2.24) is 5.32 Å². The lowest BCUT2D eigenvalue weighted by molar-refractivity contribution is 0.409. The van der Waals surface area contributed by atoms with Crippen LogP contribution in [0, 0.1) is 0 Å². The Morgan fingerprint density at radius 3 is 2.24 bits per heavy atom. The molecule has 0 unspecified atom stereocenters. The number of rotatable bonds is 5. The van der Waals surface area contributed by atoms with Crippen molar-refractivity contribution in [3.05, 3.63) is 60.9 Å². The second-order valence-electron chi connectivity index (χ2n) is 4.72. The van der Waals surface area contributed by atoms with Crippen LogP contribution in [0.4, 0.5) is 0 Å². The minimum absolute atomic E-state index is 0.264. The number of hydrogen-bond acceptors (Lipinski definition) is 2. The van der Waals surface area contributed by atoms with Gasteiger partial charge in [0.05, 0.1) is 16.1 Å². The molecular weight excluding hydrogens is 462 g/mol. The van der Waals surface area contributed by atoms with Crippen LogP contribution in [0.5, 0.6) is 5.75 Å². The SMILES string of the molecule is COc1c(Br)cc(CN[C@@H](C)c2ccccc2Br)cc1Br. The van der Waals surface area contributed by atoms with Gasteiger partial charge in [-0.15, -0.1) is 0 Å². The molecule has 0 radical (unpaired) electrons. The van der Waals surface area contributed by atoms with Crippen molar-refractivity contribution in [3.8, 4) is 5.75 Å². The number of benzene rings is 2. The predicted octanol–water partition coefficient (Wildman–Crippen LogP) is 5.83. The molecule has 0 aliphatic heterocycles. The molecule has 0 bridgehead atoms. The van der Waals surface area contributed by atoms with E-state index in [0.29, 0.717) is 0 Å². The van der Waals surface area contributed by atoms with Crippen LogP contribution in [0.3, 0.4) is 0 Å². The summed E-state index contributed by atoms with van der Waals surface area (Å²) in [6, 6.07) is 12.7. The Labute approximate surface area is 150 Å². The number of ether oxygens (including phenoxy) is 1. The van der Waals surface area contributed by atoms with Gasteiger partial charge >= 0.3 is 0 Å². The fourth-order valence-corrected chi connectivity index (χ4v) is 4.35. The van der Waals surface area contributed by atoms with Crippen molar-refractivity contribution in [2.24, 2.45) is 0 Å². The average Bonchev–Trinajstić information content (AvgIpc) is 2.45. The van der Waals surface area contributed by atoms with E-state index in [0.717, 1.165) is 25.7 Å². The van der Waals surface area contributed by atoms with Crippen molar-refractivity contribution < 1.29 is 4.74 Å². The first-order chi connectivity index (χ1) is 10.0. The number of methoxy groups -OCH3 is 1. The molecule has 0 aromatic heterocycles. The van der Waals surface area contributed by atoms with E-state index in [2.05, 4.69) is 90.4 Å². The van der Waals surface area contributed by atoms with Gasteiger partial charge in [0.25, 0.3) is 0 Å². The Morgan fingerprint density at radius 1 is 1.05 bits per heavy atom. The lowest BCUT2D eigenvalue weighted by Crippen LogP contribution is -2.18. The van der Waals surface area contributed by atoms with Gasteiger partial charge < -0.3 is 10.1 Å². The molecular formula is C16H16Br3NO. The minimum Gasteiger partial charge on any atom is -0.494 e. The second-order valence-corrected chi connectivity index (χ2v) is 7.28. The van der Waals surface area contributed by atoms with E-state index in [1.165, 1.54) is 11.1 Å². The van der Waals surface area contributed by atoms with Gasteiger partial charge in [-0.1, -0.05) is 34.1 Å². The number of nitrogens with one attached hydrogen (secondary N) is 1. The van der Waals surface area contributed by atoms with E-state index in [-0.39, 0.29) is 6.04 Å². The van der Waals surface area contributed by atoms with E-state index >= 15 is 0 Å². The zero-order valence-corrected chi connectivity index (χ0v) is 16.5. The van der Waals surface area contributed by atoms with Crippen LogP contribution in [-0.2, 0) is 6.54 Å². The van der Waals surface area contributed by atoms with Crippen LogP contribution < -0.4 is 10.1 Å². The quantitative estimate of drug-likeness (QED) is 0.584. The zero-order chi connectivity index (χ0) is 15.4. The molecule has 0 saturated heterocycles. The summed E-state index contributed by atoms with van der Waals surface area (Å²) in [6.45, 7) is 2.94. The molecule has 2 nitrogen and oxygen atoms in total. The summed E-state index contributed by atoms with van der Waals surface area (Å²) in [5.74, 6) is 0.817. The van der Waals surface area contributed by atoms with E-state index in [9.17, 15) is 0 Å². The van der Waals surface area contributed by atoms with Crippen LogP contribution in [0.15, 0.2) is 49.8 Å². The molecule has 0 heterocycles. The Hall–Kier alpha value is -0.360. The van der Waals surface area contributed by atoms with Gasteiger partial charge in [-0.05, 0) is 68.1 Å². The van der Waals surface area contributed by atoms with Crippen LogP contribution >= 0.6 is 47.8 Å². The van der Waals surface area contributed by atoms with Crippen molar-refractivity contribution in [1.29, 1.82) is 0 Å². The molecule has 5 heteroatoms. The first-order valence-corrected chi connectivity index (χ1v) is 8.90. The molecule has 0 aliphatic carbocycles. The molecule has 0 aliphatic rings. The molecule has 0 saturated carbocycles. The molecule has 21 heavy (non-hydrogen) atoms. The van der Waals surface area contributed by atoms with Gasteiger partial charge in [-0.3, -0.25) is 0 Å². The summed E-state index contributed by atoms with van der Waals surface area (Å²) in [6.07, 6.45) is 0. The predicted molar refractivity (Wildman–Crippen MR) is 97.8 cm³/mol. The molecule has 2 aromatic carbocycles. The van der Waals surface area contributed by atoms with E-state index in [1.54, 1.807) is 7.11 Å².